The van der Waals surface area contributed by atoms with Gasteiger partial charge in [-0.15, -0.1) is 0 Å². The minimum atomic E-state index is -0.601. The summed E-state index contributed by atoms with van der Waals surface area (Å²) in [7, 11) is 0. The molecule has 4 aromatic rings. The third-order valence-electron chi connectivity index (χ3n) is 5.11. The largest absolute Gasteiger partial charge is 0.494 e. The number of ether oxygens (including phenoxy) is 1. The number of aromatic amines is 1. The van der Waals surface area contributed by atoms with Gasteiger partial charge < -0.3 is 10.1 Å². The summed E-state index contributed by atoms with van der Waals surface area (Å²) in [4.78, 5) is 23.5. The molecule has 5 rings (SSSR count). The van der Waals surface area contributed by atoms with Crippen LogP contribution < -0.4 is 15.6 Å². The summed E-state index contributed by atoms with van der Waals surface area (Å²) in [6.07, 6.45) is 0. The molecule has 0 bridgehead atoms. The predicted molar refractivity (Wildman–Crippen MR) is 113 cm³/mol. The number of rotatable bonds is 5. The van der Waals surface area contributed by atoms with Crippen molar-refractivity contribution in [1.29, 1.82) is 0 Å². The van der Waals surface area contributed by atoms with Crippen LogP contribution in [0.25, 0.3) is 11.3 Å². The summed E-state index contributed by atoms with van der Waals surface area (Å²) in [6.45, 7) is 2.43. The number of fused-ring (bicyclic) bond motifs is 2. The van der Waals surface area contributed by atoms with E-state index < -0.39 is 16.5 Å². The molecule has 32 heavy (non-hydrogen) atoms. The number of H-pyrrole nitrogens is 1. The van der Waals surface area contributed by atoms with Crippen LogP contribution in [0.3, 0.4) is 0 Å². The van der Waals surface area contributed by atoms with Crippen LogP contribution >= 0.6 is 0 Å². The van der Waals surface area contributed by atoms with Crippen LogP contribution in [0.2, 0.25) is 0 Å². The lowest BCUT2D eigenvalue weighted by molar-refractivity contribution is -0.384. The molecule has 2 N–H and O–H groups in total. The second-order valence-electron chi connectivity index (χ2n) is 6.97. The number of nitro groups is 1. The first kappa shape index (κ1) is 19.4. The zero-order valence-corrected chi connectivity index (χ0v) is 16.7. The van der Waals surface area contributed by atoms with Gasteiger partial charge in [0, 0.05) is 23.3 Å². The minimum absolute atomic E-state index is 0.0891. The molecule has 0 fully saturated rings. The lowest BCUT2D eigenvalue weighted by atomic mass is 9.92. The molecule has 12 nitrogen and oxygen atoms in total. The van der Waals surface area contributed by atoms with Crippen LogP contribution in [0.15, 0.2) is 53.3 Å². The SMILES string of the molecule is CCOc1ccc([C@H]2c3c(-c4cccc([N+](=O)[O-])c4)n[nH]c(=O)c3Nc3nnnn32)cc1. The highest BCUT2D eigenvalue weighted by atomic mass is 16.6. The van der Waals surface area contributed by atoms with Gasteiger partial charge >= 0.3 is 0 Å². The van der Waals surface area contributed by atoms with Crippen molar-refractivity contribution in [2.24, 2.45) is 0 Å². The molecule has 3 heterocycles. The molecule has 160 valence electrons. The van der Waals surface area contributed by atoms with Crippen LogP contribution in [-0.2, 0) is 0 Å². The number of anilines is 2. The van der Waals surface area contributed by atoms with Crippen molar-refractivity contribution in [3.8, 4) is 17.0 Å². The average molecular weight is 432 g/mol. The maximum absolute atomic E-state index is 12.7. The molecule has 1 atom stereocenters. The van der Waals surface area contributed by atoms with E-state index in [1.807, 2.05) is 31.2 Å². The smallest absolute Gasteiger partial charge is 0.288 e. The van der Waals surface area contributed by atoms with E-state index in [9.17, 15) is 14.9 Å². The Hall–Kier alpha value is -4.61. The van der Waals surface area contributed by atoms with Crippen molar-refractivity contribution in [2.45, 2.75) is 13.0 Å². The lowest BCUT2D eigenvalue weighted by Gasteiger charge is -2.27. The molecule has 0 amide bonds. The molecule has 2 aromatic heterocycles. The first-order chi connectivity index (χ1) is 15.6. The van der Waals surface area contributed by atoms with E-state index in [-0.39, 0.29) is 17.3 Å². The molecular formula is C20H16N8O4. The van der Waals surface area contributed by atoms with Gasteiger partial charge in [-0.05, 0) is 35.0 Å². The van der Waals surface area contributed by atoms with E-state index in [0.717, 1.165) is 5.56 Å². The molecule has 0 aliphatic carbocycles. The third kappa shape index (κ3) is 3.14. The van der Waals surface area contributed by atoms with Gasteiger partial charge in [0.1, 0.15) is 17.5 Å². The van der Waals surface area contributed by atoms with Crippen LogP contribution in [0, 0.1) is 10.1 Å². The van der Waals surface area contributed by atoms with Gasteiger partial charge in [-0.3, -0.25) is 14.9 Å². The van der Waals surface area contributed by atoms with E-state index in [1.165, 1.54) is 12.1 Å². The van der Waals surface area contributed by atoms with E-state index >= 15 is 0 Å². The molecule has 0 unspecified atom stereocenters. The fourth-order valence-corrected chi connectivity index (χ4v) is 3.75. The third-order valence-corrected chi connectivity index (χ3v) is 5.11. The van der Waals surface area contributed by atoms with Gasteiger partial charge in [0.25, 0.3) is 11.2 Å². The van der Waals surface area contributed by atoms with Gasteiger partial charge in [-0.25, -0.2) is 5.10 Å². The Kier molecular flexibility index (Phi) is 4.58. The Balaban J connectivity index is 1.74. The Labute approximate surface area is 180 Å². The van der Waals surface area contributed by atoms with Gasteiger partial charge in [-0.1, -0.05) is 29.4 Å². The Morgan fingerprint density at radius 2 is 2.03 bits per heavy atom. The number of hydrogen-bond acceptors (Lipinski definition) is 9. The number of tetrazole rings is 1. The maximum Gasteiger partial charge on any atom is 0.288 e. The number of nitro benzene ring substituents is 1. The lowest BCUT2D eigenvalue weighted by Crippen LogP contribution is -2.29. The normalized spacial score (nSPS) is 14.2. The van der Waals surface area contributed by atoms with Crippen LogP contribution in [-0.4, -0.2) is 41.9 Å². The summed E-state index contributed by atoms with van der Waals surface area (Å²) in [5.74, 6) is 0.989. The molecule has 12 heteroatoms. The van der Waals surface area contributed by atoms with Crippen LogP contribution in [0.4, 0.5) is 17.3 Å². The molecule has 0 saturated carbocycles. The number of nitrogens with zero attached hydrogens (tertiary/aromatic N) is 6. The Bertz CT molecular complexity index is 1380. The van der Waals surface area contributed by atoms with Gasteiger partial charge in [0.15, 0.2) is 0 Å². The standard InChI is InChI=1S/C20H16N8O4/c1-2-32-14-8-6-11(7-9-14)18-15-16(12-4-3-5-13(10-12)28(30)31)22-23-19(29)17(15)21-20-24-25-26-27(18)20/h3-10,18H,2H2,1H3,(H,23,29)(H,21,24,26)/t18-/m0/s1. The summed E-state index contributed by atoms with van der Waals surface area (Å²) in [5.41, 5.74) is 1.80. The van der Waals surface area contributed by atoms with E-state index in [1.54, 1.807) is 16.8 Å². The van der Waals surface area contributed by atoms with Crippen molar-refractivity contribution >= 4 is 17.3 Å². The zero-order valence-electron chi connectivity index (χ0n) is 16.7. The number of aromatic nitrogens is 6. The molecule has 0 saturated heterocycles. The number of benzene rings is 2. The van der Waals surface area contributed by atoms with Gasteiger partial charge in [0.2, 0.25) is 5.95 Å². The van der Waals surface area contributed by atoms with Crippen LogP contribution in [0.1, 0.15) is 24.1 Å². The minimum Gasteiger partial charge on any atom is -0.494 e. The topological polar surface area (TPSA) is 154 Å². The van der Waals surface area contributed by atoms with E-state index in [0.29, 0.717) is 29.2 Å². The second-order valence-corrected chi connectivity index (χ2v) is 6.97. The summed E-state index contributed by atoms with van der Waals surface area (Å²) >= 11 is 0. The number of hydrogen-bond donors (Lipinski definition) is 2. The maximum atomic E-state index is 12.7. The van der Waals surface area contributed by atoms with Crippen molar-refractivity contribution in [2.75, 3.05) is 11.9 Å². The fraction of sp³-hybridized carbons (Fsp3) is 0.150. The van der Waals surface area contributed by atoms with Gasteiger partial charge in [-0.2, -0.15) is 9.78 Å². The number of non-ortho nitro benzene ring substituents is 1. The molecule has 2 aromatic carbocycles. The van der Waals surface area contributed by atoms with Crippen molar-refractivity contribution in [3.63, 3.8) is 0 Å². The summed E-state index contributed by atoms with van der Waals surface area (Å²) in [6, 6.07) is 12.8. The van der Waals surface area contributed by atoms with Gasteiger partial charge in [0.05, 0.1) is 17.2 Å². The first-order valence-electron chi connectivity index (χ1n) is 9.72. The van der Waals surface area contributed by atoms with Crippen molar-refractivity contribution in [3.05, 3.63) is 80.1 Å². The Morgan fingerprint density at radius 1 is 1.22 bits per heavy atom. The predicted octanol–water partition coefficient (Wildman–Crippen LogP) is 2.42. The summed E-state index contributed by atoms with van der Waals surface area (Å²) < 4.78 is 7.07. The highest BCUT2D eigenvalue weighted by Crippen LogP contribution is 2.41. The molecule has 0 spiro atoms. The monoisotopic (exact) mass is 432 g/mol. The molecule has 1 aliphatic heterocycles. The fourth-order valence-electron chi connectivity index (χ4n) is 3.75. The summed E-state index contributed by atoms with van der Waals surface area (Å²) in [5, 5.41) is 32.7. The highest BCUT2D eigenvalue weighted by Gasteiger charge is 2.34. The molecular weight excluding hydrogens is 416 g/mol. The van der Waals surface area contributed by atoms with Crippen molar-refractivity contribution < 1.29 is 9.66 Å². The quantitative estimate of drug-likeness (QED) is 0.315. The molecule has 1 aliphatic rings. The molecule has 0 radical (unpaired) electrons. The van der Waals surface area contributed by atoms with Crippen LogP contribution in [0.5, 0.6) is 5.75 Å². The average Bonchev–Trinajstić information content (AvgIpc) is 3.27. The second kappa shape index (κ2) is 7.58. The Morgan fingerprint density at radius 3 is 2.78 bits per heavy atom. The first-order valence-corrected chi connectivity index (χ1v) is 9.72. The highest BCUT2D eigenvalue weighted by molar-refractivity contribution is 5.76. The van der Waals surface area contributed by atoms with E-state index in [2.05, 4.69) is 31.0 Å². The van der Waals surface area contributed by atoms with E-state index in [4.69, 9.17) is 4.74 Å². The number of nitrogens with one attached hydrogen (secondary N) is 2. The zero-order chi connectivity index (χ0) is 22.2. The van der Waals surface area contributed by atoms with Crippen molar-refractivity contribution in [1.82, 2.24) is 30.4 Å².